The summed E-state index contributed by atoms with van der Waals surface area (Å²) < 4.78 is 0. The van der Waals surface area contributed by atoms with E-state index in [0.717, 1.165) is 17.0 Å². The number of rotatable bonds is 5. The minimum absolute atomic E-state index is 0.0102. The molecule has 0 atom stereocenters. The lowest BCUT2D eigenvalue weighted by molar-refractivity contribution is -0.121. The SMILES string of the molecule is Cc1cc(C)nc(CNC(=O)CCc2cn[nH]c2)n1. The van der Waals surface area contributed by atoms with Crippen LogP contribution in [0.1, 0.15) is 29.2 Å². The Hall–Kier alpha value is -2.24. The predicted molar refractivity (Wildman–Crippen MR) is 70.3 cm³/mol. The largest absolute Gasteiger partial charge is 0.349 e. The molecule has 100 valence electrons. The molecule has 0 aliphatic heterocycles. The average molecular weight is 259 g/mol. The molecule has 0 aliphatic rings. The number of carbonyl (C=O) groups excluding carboxylic acids is 1. The summed E-state index contributed by atoms with van der Waals surface area (Å²) in [7, 11) is 0. The number of hydrogen-bond donors (Lipinski definition) is 2. The van der Waals surface area contributed by atoms with Crippen molar-refractivity contribution in [1.82, 2.24) is 25.5 Å². The van der Waals surface area contributed by atoms with Crippen LogP contribution in [-0.2, 0) is 17.8 Å². The number of aromatic amines is 1. The van der Waals surface area contributed by atoms with Crippen molar-refractivity contribution in [2.75, 3.05) is 0 Å². The molecule has 0 bridgehead atoms. The zero-order valence-corrected chi connectivity index (χ0v) is 11.1. The Kier molecular flexibility index (Phi) is 4.22. The number of nitrogens with one attached hydrogen (secondary N) is 2. The summed E-state index contributed by atoms with van der Waals surface area (Å²) in [4.78, 5) is 20.2. The van der Waals surface area contributed by atoms with Crippen LogP contribution in [0.3, 0.4) is 0 Å². The maximum atomic E-state index is 11.7. The Morgan fingerprint density at radius 3 is 2.68 bits per heavy atom. The highest BCUT2D eigenvalue weighted by molar-refractivity contribution is 5.76. The summed E-state index contributed by atoms with van der Waals surface area (Å²) in [5.41, 5.74) is 2.85. The summed E-state index contributed by atoms with van der Waals surface area (Å²) in [5.74, 6) is 0.637. The molecule has 2 aromatic rings. The quantitative estimate of drug-likeness (QED) is 0.841. The van der Waals surface area contributed by atoms with Crippen molar-refractivity contribution in [3.05, 3.63) is 41.2 Å². The Labute approximate surface area is 111 Å². The van der Waals surface area contributed by atoms with Gasteiger partial charge >= 0.3 is 0 Å². The van der Waals surface area contributed by atoms with Crippen LogP contribution in [0, 0.1) is 13.8 Å². The minimum atomic E-state index is -0.0102. The number of aryl methyl sites for hydroxylation is 3. The second-order valence-electron chi connectivity index (χ2n) is 4.45. The molecule has 0 spiro atoms. The van der Waals surface area contributed by atoms with E-state index in [-0.39, 0.29) is 5.91 Å². The topological polar surface area (TPSA) is 83.6 Å². The summed E-state index contributed by atoms with van der Waals surface area (Å²) in [6, 6.07) is 1.91. The Morgan fingerprint density at radius 1 is 1.32 bits per heavy atom. The molecular formula is C13H17N5O. The van der Waals surface area contributed by atoms with Gasteiger partial charge in [-0.3, -0.25) is 9.89 Å². The summed E-state index contributed by atoms with van der Waals surface area (Å²) >= 11 is 0. The van der Waals surface area contributed by atoms with Gasteiger partial charge in [0, 0.05) is 24.0 Å². The van der Waals surface area contributed by atoms with Gasteiger partial charge in [-0.05, 0) is 31.9 Å². The van der Waals surface area contributed by atoms with Gasteiger partial charge in [0.05, 0.1) is 12.7 Å². The fourth-order valence-corrected chi connectivity index (χ4v) is 1.82. The number of nitrogens with zero attached hydrogens (tertiary/aromatic N) is 3. The third kappa shape index (κ3) is 4.17. The number of amides is 1. The first kappa shape index (κ1) is 13.2. The highest BCUT2D eigenvalue weighted by Gasteiger charge is 2.05. The maximum absolute atomic E-state index is 11.7. The van der Waals surface area contributed by atoms with Crippen LogP contribution in [0.4, 0.5) is 0 Å². The molecule has 0 aliphatic carbocycles. The van der Waals surface area contributed by atoms with Crippen LogP contribution in [0.15, 0.2) is 18.5 Å². The molecule has 2 rings (SSSR count). The first-order valence-electron chi connectivity index (χ1n) is 6.19. The van der Waals surface area contributed by atoms with Gasteiger partial charge in [-0.2, -0.15) is 5.10 Å². The van der Waals surface area contributed by atoms with E-state index < -0.39 is 0 Å². The number of H-pyrrole nitrogens is 1. The molecule has 2 heterocycles. The average Bonchev–Trinajstić information content (AvgIpc) is 2.86. The highest BCUT2D eigenvalue weighted by Crippen LogP contribution is 2.01. The van der Waals surface area contributed by atoms with E-state index in [4.69, 9.17) is 0 Å². The lowest BCUT2D eigenvalue weighted by Gasteiger charge is -2.05. The fraction of sp³-hybridized carbons (Fsp3) is 0.385. The number of hydrogen-bond acceptors (Lipinski definition) is 4. The second kappa shape index (κ2) is 6.08. The molecule has 0 fully saturated rings. The smallest absolute Gasteiger partial charge is 0.220 e. The molecule has 0 saturated heterocycles. The van der Waals surface area contributed by atoms with Gasteiger partial charge < -0.3 is 5.32 Å². The van der Waals surface area contributed by atoms with Gasteiger partial charge in [-0.25, -0.2) is 9.97 Å². The van der Waals surface area contributed by atoms with Crippen molar-refractivity contribution in [3.8, 4) is 0 Å². The van der Waals surface area contributed by atoms with Gasteiger partial charge in [0.25, 0.3) is 0 Å². The molecule has 2 aromatic heterocycles. The maximum Gasteiger partial charge on any atom is 0.220 e. The minimum Gasteiger partial charge on any atom is -0.349 e. The van der Waals surface area contributed by atoms with Gasteiger partial charge in [-0.1, -0.05) is 0 Å². The molecule has 0 unspecified atom stereocenters. The van der Waals surface area contributed by atoms with Crippen molar-refractivity contribution in [1.29, 1.82) is 0 Å². The fourth-order valence-electron chi connectivity index (χ4n) is 1.82. The van der Waals surface area contributed by atoms with E-state index >= 15 is 0 Å². The number of carbonyl (C=O) groups is 1. The molecule has 0 aromatic carbocycles. The molecule has 2 N–H and O–H groups in total. The standard InChI is InChI=1S/C13H17N5O/c1-9-5-10(2)18-12(17-9)8-14-13(19)4-3-11-6-15-16-7-11/h5-7H,3-4,8H2,1-2H3,(H,14,19)(H,15,16). The van der Waals surface area contributed by atoms with Crippen molar-refractivity contribution >= 4 is 5.91 Å². The van der Waals surface area contributed by atoms with Crippen LogP contribution < -0.4 is 5.32 Å². The highest BCUT2D eigenvalue weighted by atomic mass is 16.1. The first-order valence-corrected chi connectivity index (χ1v) is 6.19. The molecule has 6 nitrogen and oxygen atoms in total. The van der Waals surface area contributed by atoms with Crippen molar-refractivity contribution in [2.45, 2.75) is 33.2 Å². The summed E-state index contributed by atoms with van der Waals surface area (Å²) in [5, 5.41) is 9.38. The second-order valence-corrected chi connectivity index (χ2v) is 4.45. The Bertz CT molecular complexity index is 530. The van der Waals surface area contributed by atoms with Crippen LogP contribution in [-0.4, -0.2) is 26.1 Å². The zero-order chi connectivity index (χ0) is 13.7. The third-order valence-corrected chi connectivity index (χ3v) is 2.67. The van der Waals surface area contributed by atoms with Crippen molar-refractivity contribution < 1.29 is 4.79 Å². The van der Waals surface area contributed by atoms with Gasteiger partial charge in [0.15, 0.2) is 0 Å². The first-order chi connectivity index (χ1) is 9.13. The van der Waals surface area contributed by atoms with Crippen LogP contribution in [0.2, 0.25) is 0 Å². The molecule has 0 saturated carbocycles. The molecule has 6 heteroatoms. The van der Waals surface area contributed by atoms with Gasteiger partial charge in [-0.15, -0.1) is 0 Å². The normalized spacial score (nSPS) is 10.4. The lowest BCUT2D eigenvalue weighted by Crippen LogP contribution is -2.24. The van der Waals surface area contributed by atoms with E-state index in [1.807, 2.05) is 19.9 Å². The zero-order valence-electron chi connectivity index (χ0n) is 11.1. The summed E-state index contributed by atoms with van der Waals surface area (Å²) in [6.07, 6.45) is 4.63. The van der Waals surface area contributed by atoms with Crippen LogP contribution in [0.25, 0.3) is 0 Å². The number of aromatic nitrogens is 4. The van der Waals surface area contributed by atoms with E-state index in [9.17, 15) is 4.79 Å². The van der Waals surface area contributed by atoms with E-state index in [1.165, 1.54) is 0 Å². The van der Waals surface area contributed by atoms with Gasteiger partial charge in [0.2, 0.25) is 5.91 Å². The molecule has 0 radical (unpaired) electrons. The Balaban J connectivity index is 1.79. The van der Waals surface area contributed by atoms with Gasteiger partial charge in [0.1, 0.15) is 5.82 Å². The third-order valence-electron chi connectivity index (χ3n) is 2.67. The molecule has 1 amide bonds. The lowest BCUT2D eigenvalue weighted by atomic mass is 10.2. The van der Waals surface area contributed by atoms with Crippen molar-refractivity contribution in [2.24, 2.45) is 0 Å². The van der Waals surface area contributed by atoms with E-state index in [0.29, 0.717) is 25.2 Å². The summed E-state index contributed by atoms with van der Waals surface area (Å²) in [6.45, 7) is 4.20. The van der Waals surface area contributed by atoms with Crippen LogP contribution >= 0.6 is 0 Å². The monoisotopic (exact) mass is 259 g/mol. The predicted octanol–water partition coefficient (Wildman–Crippen LogP) is 1.07. The van der Waals surface area contributed by atoms with Crippen LogP contribution in [0.5, 0.6) is 0 Å². The van der Waals surface area contributed by atoms with E-state index in [2.05, 4.69) is 25.5 Å². The van der Waals surface area contributed by atoms with E-state index in [1.54, 1.807) is 12.4 Å². The molecular weight excluding hydrogens is 242 g/mol. The Morgan fingerprint density at radius 2 is 2.05 bits per heavy atom. The van der Waals surface area contributed by atoms with Crippen molar-refractivity contribution in [3.63, 3.8) is 0 Å². The molecule has 19 heavy (non-hydrogen) atoms.